The number of amides is 1. The molecule has 0 aliphatic carbocycles. The van der Waals surface area contributed by atoms with E-state index in [2.05, 4.69) is 5.32 Å². The van der Waals surface area contributed by atoms with Crippen molar-refractivity contribution in [2.24, 2.45) is 5.92 Å². The van der Waals surface area contributed by atoms with Crippen LogP contribution in [0, 0.1) is 5.92 Å². The molecule has 0 saturated carbocycles. The Balaban J connectivity index is 1.30. The molecule has 2 heterocycles. The quantitative estimate of drug-likeness (QED) is 0.219. The highest BCUT2D eigenvalue weighted by Gasteiger charge is 2.46. The smallest absolute Gasteiger partial charge is 0.305 e. The van der Waals surface area contributed by atoms with Crippen LogP contribution in [0.15, 0.2) is 0 Å². The zero-order valence-electron chi connectivity index (χ0n) is 19.6. The molecular weight excluding hydrogens is 502 g/mol. The topological polar surface area (TPSA) is 120 Å². The van der Waals surface area contributed by atoms with Gasteiger partial charge in [-0.05, 0) is 29.9 Å². The van der Waals surface area contributed by atoms with Gasteiger partial charge in [-0.3, -0.25) is 14.4 Å². The van der Waals surface area contributed by atoms with Gasteiger partial charge in [0.1, 0.15) is 0 Å². The predicted molar refractivity (Wildman–Crippen MR) is 135 cm³/mol. The Morgan fingerprint density at radius 1 is 0.971 bits per heavy atom. The zero-order valence-corrected chi connectivity index (χ0v) is 22.0. The van der Waals surface area contributed by atoms with Crippen LogP contribution in [0.3, 0.4) is 0 Å². The average molecular weight is 540 g/mol. The molecule has 0 spiro atoms. The van der Waals surface area contributed by atoms with Gasteiger partial charge in [-0.1, -0.05) is 15.9 Å². The van der Waals surface area contributed by atoms with Crippen molar-refractivity contribution < 1.29 is 38.4 Å². The molecule has 2 aliphatic heterocycles. The Morgan fingerprint density at radius 2 is 1.59 bits per heavy atom. The number of hydrogen-bond donors (Lipinski definition) is 2. The van der Waals surface area contributed by atoms with Crippen molar-refractivity contribution >= 4 is 49.4 Å². The van der Waals surface area contributed by atoms with Crippen LogP contribution in [0.1, 0.15) is 38.5 Å². The first-order valence-corrected chi connectivity index (χ1v) is 15.1. The first kappa shape index (κ1) is 29.6. The summed E-state index contributed by atoms with van der Waals surface area (Å²) in [5.74, 6) is 0.666. The Hall–Kier alpha value is -0.630. The highest BCUT2D eigenvalue weighted by atomic mass is 32.8. The van der Waals surface area contributed by atoms with Gasteiger partial charge in [0, 0.05) is 35.6 Å². The summed E-state index contributed by atoms with van der Waals surface area (Å²) in [7, 11) is -0.455. The summed E-state index contributed by atoms with van der Waals surface area (Å²) in [6.45, 7) is 3.65. The normalized spacial score (nSPS) is 23.8. The van der Waals surface area contributed by atoms with Gasteiger partial charge in [0.05, 0.1) is 59.3 Å². The van der Waals surface area contributed by atoms with E-state index in [4.69, 9.17) is 35.2 Å². The lowest BCUT2D eigenvalue weighted by atomic mass is 9.95. The molecule has 2 saturated heterocycles. The minimum atomic E-state index is -0.877. The molecular formula is C22H37NO8S3. The van der Waals surface area contributed by atoms with Crippen LogP contribution >= 0.6 is 11.8 Å². The summed E-state index contributed by atoms with van der Waals surface area (Å²) < 4.78 is 21.2. The molecule has 0 radical (unpaired) electrons. The van der Waals surface area contributed by atoms with Gasteiger partial charge >= 0.3 is 5.97 Å². The van der Waals surface area contributed by atoms with Crippen LogP contribution in [0.25, 0.3) is 0 Å². The Morgan fingerprint density at radius 3 is 2.24 bits per heavy atom. The number of aliphatic carboxylic acids is 1. The number of rotatable bonds is 20. The number of carboxylic acids is 1. The van der Waals surface area contributed by atoms with Crippen LogP contribution in [0.4, 0.5) is 0 Å². The van der Waals surface area contributed by atoms with Crippen molar-refractivity contribution in [2.75, 3.05) is 65.2 Å². The SMILES string of the molecule is O=C(O)CCOCCOCCOCCOCCNC(=O)CCCCC1SCC2C1CC(=O)S2=S. The van der Waals surface area contributed by atoms with Gasteiger partial charge in [0.25, 0.3) is 0 Å². The number of carbonyl (C=O) groups is 3. The number of fused-ring (bicyclic) bond motifs is 1. The molecule has 2 rings (SSSR count). The number of unbranched alkanes of at least 4 members (excludes halogenated alkanes) is 1. The maximum absolute atomic E-state index is 12.0. The summed E-state index contributed by atoms with van der Waals surface area (Å²) in [5, 5.41) is 12.6. The van der Waals surface area contributed by atoms with Crippen molar-refractivity contribution in [3.63, 3.8) is 0 Å². The summed E-state index contributed by atoms with van der Waals surface area (Å²) >= 11 is 7.34. The molecule has 0 aromatic rings. The molecule has 1 amide bonds. The Kier molecular flexibility index (Phi) is 15.4. The summed E-state index contributed by atoms with van der Waals surface area (Å²) in [6.07, 6.45) is 4.11. The molecule has 0 aromatic heterocycles. The fourth-order valence-electron chi connectivity index (χ4n) is 3.83. The first-order valence-electron chi connectivity index (χ1n) is 11.8. The van der Waals surface area contributed by atoms with Crippen molar-refractivity contribution in [3.8, 4) is 0 Å². The third-order valence-corrected chi connectivity index (χ3v) is 10.4. The van der Waals surface area contributed by atoms with E-state index >= 15 is 0 Å². The summed E-state index contributed by atoms with van der Waals surface area (Å²) in [4.78, 5) is 34.1. The maximum Gasteiger partial charge on any atom is 0.305 e. The maximum atomic E-state index is 12.0. The largest absolute Gasteiger partial charge is 0.481 e. The molecule has 2 N–H and O–H groups in total. The van der Waals surface area contributed by atoms with Crippen molar-refractivity contribution in [1.29, 1.82) is 0 Å². The van der Waals surface area contributed by atoms with Crippen LogP contribution in [0.5, 0.6) is 0 Å². The Bertz CT molecular complexity index is 666. The number of nitrogens with one attached hydrogen (secondary N) is 1. The van der Waals surface area contributed by atoms with Gasteiger partial charge in [0.15, 0.2) is 5.12 Å². The van der Waals surface area contributed by atoms with E-state index in [0.29, 0.717) is 82.1 Å². The lowest BCUT2D eigenvalue weighted by molar-refractivity contribution is -0.138. The minimum Gasteiger partial charge on any atom is -0.481 e. The number of hydrogen-bond acceptors (Lipinski definition) is 9. The average Bonchev–Trinajstić information content (AvgIpc) is 3.33. The molecule has 4 unspecified atom stereocenters. The van der Waals surface area contributed by atoms with E-state index < -0.39 is 15.4 Å². The minimum absolute atomic E-state index is 0.00499. The fraction of sp³-hybridized carbons (Fsp3) is 0.864. The monoisotopic (exact) mass is 539 g/mol. The van der Waals surface area contributed by atoms with Crippen LogP contribution in [0.2, 0.25) is 0 Å². The van der Waals surface area contributed by atoms with Gasteiger partial charge < -0.3 is 29.4 Å². The first-order chi connectivity index (χ1) is 16.5. The van der Waals surface area contributed by atoms with Crippen molar-refractivity contribution in [2.45, 2.75) is 49.0 Å². The Labute approximate surface area is 212 Å². The van der Waals surface area contributed by atoms with E-state index in [1.54, 1.807) is 0 Å². The highest BCUT2D eigenvalue weighted by Crippen LogP contribution is 2.44. The third-order valence-electron chi connectivity index (χ3n) is 5.62. The van der Waals surface area contributed by atoms with E-state index in [9.17, 15) is 14.4 Å². The second-order valence-electron chi connectivity index (χ2n) is 8.14. The fourth-order valence-corrected chi connectivity index (χ4v) is 8.64. The zero-order chi connectivity index (χ0) is 24.6. The number of carboxylic acid groups (broad SMARTS) is 1. The van der Waals surface area contributed by atoms with E-state index in [0.717, 1.165) is 25.0 Å². The standard InChI is InChI=1S/C22H37NO8S3/c24-20(4-2-1-3-18-17-15-22(27)34(32)19(17)16-33-18)23-6-8-29-10-12-31-14-13-30-11-9-28-7-5-21(25)26/h17-19H,1-16H2,(H,23,24)(H,25,26). The van der Waals surface area contributed by atoms with Crippen molar-refractivity contribution in [1.82, 2.24) is 5.32 Å². The molecule has 0 bridgehead atoms. The second-order valence-corrected chi connectivity index (χ2v) is 12.1. The molecule has 2 fully saturated rings. The third kappa shape index (κ3) is 11.9. The lowest BCUT2D eigenvalue weighted by Crippen LogP contribution is -2.27. The molecule has 0 aromatic carbocycles. The van der Waals surface area contributed by atoms with Gasteiger partial charge in [-0.15, -0.1) is 0 Å². The van der Waals surface area contributed by atoms with E-state index in [1.165, 1.54) is 0 Å². The molecule has 196 valence electrons. The van der Waals surface area contributed by atoms with E-state index in [-0.39, 0.29) is 24.1 Å². The van der Waals surface area contributed by atoms with Gasteiger partial charge in [-0.2, -0.15) is 11.8 Å². The second kappa shape index (κ2) is 17.7. The number of ether oxygens (including phenoxy) is 4. The molecule has 34 heavy (non-hydrogen) atoms. The van der Waals surface area contributed by atoms with Crippen LogP contribution in [-0.2, 0) is 54.0 Å². The molecule has 9 nitrogen and oxygen atoms in total. The number of thioether (sulfide) groups is 1. The van der Waals surface area contributed by atoms with Gasteiger partial charge in [-0.25, -0.2) is 0 Å². The lowest BCUT2D eigenvalue weighted by Gasteiger charge is -2.15. The predicted octanol–water partition coefficient (Wildman–Crippen LogP) is 1.31. The molecule has 4 atom stereocenters. The van der Waals surface area contributed by atoms with Gasteiger partial charge in [0.2, 0.25) is 5.91 Å². The summed E-state index contributed by atoms with van der Waals surface area (Å²) in [5.41, 5.74) is 0. The van der Waals surface area contributed by atoms with Crippen molar-refractivity contribution in [3.05, 3.63) is 0 Å². The van der Waals surface area contributed by atoms with Crippen LogP contribution in [-0.4, -0.2) is 97.8 Å². The van der Waals surface area contributed by atoms with E-state index in [1.807, 2.05) is 11.8 Å². The molecule has 12 heteroatoms. The number of carbonyl (C=O) groups excluding carboxylic acids is 2. The summed E-state index contributed by atoms with van der Waals surface area (Å²) in [6, 6.07) is 0. The molecule has 2 aliphatic rings. The van der Waals surface area contributed by atoms with Crippen LogP contribution < -0.4 is 5.32 Å². The highest BCUT2D eigenvalue weighted by molar-refractivity contribution is 8.38.